The first kappa shape index (κ1) is 27.5. The fourth-order valence-electron chi connectivity index (χ4n) is 3.80. The Morgan fingerprint density at radius 2 is 1.86 bits per heavy atom. The summed E-state index contributed by atoms with van der Waals surface area (Å²) in [6.07, 6.45) is 0.106. The number of nitrogen functional groups attached to an aromatic ring is 1. The summed E-state index contributed by atoms with van der Waals surface area (Å²) in [6, 6.07) is 0. The van der Waals surface area contributed by atoms with Crippen molar-refractivity contribution in [2.24, 2.45) is 5.73 Å². The highest BCUT2D eigenvalue weighted by Crippen LogP contribution is 2.32. The second-order valence-corrected chi connectivity index (χ2v) is 10.9. The first-order valence-corrected chi connectivity index (χ1v) is 13.5. The van der Waals surface area contributed by atoms with E-state index in [-0.39, 0.29) is 34.6 Å². The highest BCUT2D eigenvalue weighted by molar-refractivity contribution is 7.90. The highest BCUT2D eigenvalue weighted by Gasteiger charge is 2.47. The number of aliphatic hydroxyl groups excluding tert-OH is 2. The third-order valence-electron chi connectivity index (χ3n) is 5.64. The van der Waals surface area contributed by atoms with E-state index in [2.05, 4.69) is 25.6 Å². The molecule has 36 heavy (non-hydrogen) atoms. The van der Waals surface area contributed by atoms with Crippen molar-refractivity contribution in [3.8, 4) is 0 Å². The molecule has 1 fully saturated rings. The average molecular weight is 529 g/mol. The van der Waals surface area contributed by atoms with Crippen LogP contribution in [-0.2, 0) is 24.2 Å². The number of carbonyl (C=O) groups is 2. The van der Waals surface area contributed by atoms with Gasteiger partial charge in [-0.05, 0) is 12.8 Å². The number of fused-ring (bicyclic) bond motifs is 1. The maximum Gasteiger partial charge on any atom is 0.249 e. The molecule has 8 N–H and O–H groups in total. The summed E-state index contributed by atoms with van der Waals surface area (Å²) < 4.78 is 28.9. The summed E-state index contributed by atoms with van der Waals surface area (Å²) in [5, 5.41) is 26.1. The SMILES string of the molecule is CS(=O)(=O)CCCCCCC(=O)NCCNc1nc(N)c2ncn(C3O[C@H](C(N)=O)[C@@H](O)[C@H]3O)c2n1. The van der Waals surface area contributed by atoms with Crippen LogP contribution in [0.1, 0.15) is 38.3 Å². The number of hydrogen-bond donors (Lipinski definition) is 6. The number of anilines is 2. The molecule has 0 radical (unpaired) electrons. The summed E-state index contributed by atoms with van der Waals surface area (Å²) in [4.78, 5) is 36.0. The molecule has 0 bridgehead atoms. The number of imidazole rings is 1. The van der Waals surface area contributed by atoms with Gasteiger partial charge in [0.25, 0.3) is 0 Å². The van der Waals surface area contributed by atoms with Gasteiger partial charge in [0.2, 0.25) is 17.8 Å². The number of carbonyl (C=O) groups excluding carboxylic acids is 2. The Kier molecular flexibility index (Phi) is 8.99. The maximum atomic E-state index is 12.0. The van der Waals surface area contributed by atoms with E-state index in [1.165, 1.54) is 17.2 Å². The van der Waals surface area contributed by atoms with E-state index in [4.69, 9.17) is 16.2 Å². The molecule has 16 heteroatoms. The number of aromatic nitrogens is 4. The quantitative estimate of drug-likeness (QED) is 0.155. The number of hydrogen-bond acceptors (Lipinski definition) is 12. The van der Waals surface area contributed by atoms with Crippen molar-refractivity contribution in [1.82, 2.24) is 24.8 Å². The third kappa shape index (κ3) is 6.99. The molecular weight excluding hydrogens is 496 g/mol. The molecule has 2 aromatic heterocycles. The predicted octanol–water partition coefficient (Wildman–Crippen LogP) is -1.96. The maximum absolute atomic E-state index is 12.0. The Morgan fingerprint density at radius 3 is 2.53 bits per heavy atom. The monoisotopic (exact) mass is 528 g/mol. The highest BCUT2D eigenvalue weighted by atomic mass is 32.2. The molecule has 0 aliphatic carbocycles. The molecule has 3 rings (SSSR count). The number of primary amides is 1. The van der Waals surface area contributed by atoms with Crippen molar-refractivity contribution in [1.29, 1.82) is 0 Å². The molecule has 1 unspecified atom stereocenters. The third-order valence-corrected chi connectivity index (χ3v) is 6.67. The number of rotatable bonds is 13. The second-order valence-electron chi connectivity index (χ2n) is 8.66. The van der Waals surface area contributed by atoms with Gasteiger partial charge < -0.3 is 37.1 Å². The molecule has 0 saturated carbocycles. The van der Waals surface area contributed by atoms with E-state index in [1.54, 1.807) is 0 Å². The molecule has 1 aliphatic heterocycles. The molecule has 200 valence electrons. The number of sulfone groups is 1. The molecule has 0 spiro atoms. The van der Waals surface area contributed by atoms with Crippen molar-refractivity contribution < 1.29 is 33.0 Å². The van der Waals surface area contributed by atoms with Gasteiger partial charge in [-0.2, -0.15) is 9.97 Å². The Labute approximate surface area is 207 Å². The molecule has 3 heterocycles. The smallest absolute Gasteiger partial charge is 0.249 e. The summed E-state index contributed by atoms with van der Waals surface area (Å²) in [7, 11) is -2.95. The Morgan fingerprint density at radius 1 is 1.14 bits per heavy atom. The number of nitrogens with two attached hydrogens (primary N) is 2. The van der Waals surface area contributed by atoms with Crippen molar-refractivity contribution in [2.75, 3.05) is 36.1 Å². The summed E-state index contributed by atoms with van der Waals surface area (Å²) in [6.45, 7) is 0.592. The lowest BCUT2D eigenvalue weighted by atomic mass is 10.1. The first-order chi connectivity index (χ1) is 17.0. The zero-order valence-corrected chi connectivity index (χ0v) is 20.6. The van der Waals surface area contributed by atoms with Gasteiger partial charge in [0.1, 0.15) is 27.6 Å². The molecule has 2 amide bonds. The number of ether oxygens (including phenoxy) is 1. The van der Waals surface area contributed by atoms with Crippen molar-refractivity contribution in [2.45, 2.75) is 56.6 Å². The van der Waals surface area contributed by atoms with Gasteiger partial charge in [0.15, 0.2) is 23.8 Å². The minimum absolute atomic E-state index is 0.0562. The van der Waals surface area contributed by atoms with Gasteiger partial charge in [0, 0.05) is 31.5 Å². The molecule has 1 saturated heterocycles. The summed E-state index contributed by atoms with van der Waals surface area (Å²) in [5.41, 5.74) is 11.6. The van der Waals surface area contributed by atoms with Crippen LogP contribution in [0, 0.1) is 0 Å². The zero-order valence-electron chi connectivity index (χ0n) is 19.8. The fourth-order valence-corrected chi connectivity index (χ4v) is 4.52. The van der Waals surface area contributed by atoms with Crippen LogP contribution in [0.25, 0.3) is 11.2 Å². The van der Waals surface area contributed by atoms with Crippen LogP contribution in [0.3, 0.4) is 0 Å². The fraction of sp³-hybridized carbons (Fsp3) is 0.650. The van der Waals surface area contributed by atoms with Crippen molar-refractivity contribution in [3.63, 3.8) is 0 Å². The van der Waals surface area contributed by atoms with E-state index < -0.39 is 40.3 Å². The molecule has 4 atom stereocenters. The molecule has 1 aliphatic rings. The summed E-state index contributed by atoms with van der Waals surface area (Å²) >= 11 is 0. The minimum atomic E-state index is -2.95. The van der Waals surface area contributed by atoms with Crippen LogP contribution in [0.2, 0.25) is 0 Å². The molecule has 15 nitrogen and oxygen atoms in total. The largest absolute Gasteiger partial charge is 0.387 e. The molecule has 0 aromatic carbocycles. The Balaban J connectivity index is 1.49. The van der Waals surface area contributed by atoms with Crippen LogP contribution in [0.15, 0.2) is 6.33 Å². The number of nitrogens with one attached hydrogen (secondary N) is 2. The normalized spacial score (nSPS) is 22.1. The predicted molar refractivity (Wildman–Crippen MR) is 129 cm³/mol. The average Bonchev–Trinajstić information content (AvgIpc) is 3.34. The Hall–Kier alpha value is -3.08. The molecule has 2 aromatic rings. The van der Waals surface area contributed by atoms with Crippen molar-refractivity contribution in [3.05, 3.63) is 6.33 Å². The van der Waals surface area contributed by atoms with E-state index in [9.17, 15) is 28.2 Å². The Bertz CT molecular complexity index is 1190. The van der Waals surface area contributed by atoms with Crippen LogP contribution in [-0.4, -0.2) is 93.4 Å². The summed E-state index contributed by atoms with van der Waals surface area (Å²) in [5.74, 6) is -0.682. The van der Waals surface area contributed by atoms with Gasteiger partial charge in [-0.25, -0.2) is 13.4 Å². The standard InChI is InChI=1S/C20H32N8O7S/c1-36(33,34)9-5-3-2-4-6-11(29)23-7-8-24-20-26-16(21)12-18(27-20)28(10-25-12)19-14(31)13(30)15(35-19)17(22)32/h10,13-15,19,30-31H,2-9H2,1H3,(H2,22,32)(H,23,29)(H3,21,24,26,27)/t13-,14+,15-,19?/m0/s1. The van der Waals surface area contributed by atoms with E-state index >= 15 is 0 Å². The van der Waals surface area contributed by atoms with Gasteiger partial charge in [-0.3, -0.25) is 14.2 Å². The van der Waals surface area contributed by atoms with Crippen LogP contribution in [0.4, 0.5) is 11.8 Å². The van der Waals surface area contributed by atoms with E-state index in [0.717, 1.165) is 12.8 Å². The van der Waals surface area contributed by atoms with Gasteiger partial charge >= 0.3 is 0 Å². The van der Waals surface area contributed by atoms with E-state index in [0.29, 0.717) is 32.4 Å². The van der Waals surface area contributed by atoms with Gasteiger partial charge in [-0.1, -0.05) is 12.8 Å². The van der Waals surface area contributed by atoms with Gasteiger partial charge in [-0.15, -0.1) is 0 Å². The lowest BCUT2D eigenvalue weighted by Gasteiger charge is -2.16. The van der Waals surface area contributed by atoms with E-state index in [1.807, 2.05) is 0 Å². The number of nitrogens with zero attached hydrogens (tertiary/aromatic N) is 4. The lowest BCUT2D eigenvalue weighted by Crippen LogP contribution is -2.39. The minimum Gasteiger partial charge on any atom is -0.387 e. The second kappa shape index (κ2) is 11.8. The number of aliphatic hydroxyl groups is 2. The van der Waals surface area contributed by atoms with Crippen LogP contribution >= 0.6 is 0 Å². The zero-order chi connectivity index (χ0) is 26.5. The number of amides is 2. The van der Waals surface area contributed by atoms with Crippen molar-refractivity contribution >= 4 is 44.6 Å². The first-order valence-electron chi connectivity index (χ1n) is 11.5. The topological polar surface area (TPSA) is 238 Å². The van der Waals surface area contributed by atoms with Crippen LogP contribution < -0.4 is 22.1 Å². The van der Waals surface area contributed by atoms with Gasteiger partial charge in [0.05, 0.1) is 6.33 Å². The lowest BCUT2D eigenvalue weighted by molar-refractivity contribution is -0.134. The van der Waals surface area contributed by atoms with Crippen LogP contribution in [0.5, 0.6) is 0 Å². The molecular formula is C20H32N8O7S. The number of unbranched alkanes of at least 4 members (excludes halogenated alkanes) is 3.